The van der Waals surface area contributed by atoms with E-state index in [0.29, 0.717) is 18.0 Å². The van der Waals surface area contributed by atoms with Crippen molar-refractivity contribution in [3.05, 3.63) is 42.5 Å². The number of nitrogens with one attached hydrogen (secondary N) is 1. The van der Waals surface area contributed by atoms with Gasteiger partial charge in [-0.05, 0) is 12.0 Å². The molecular weight excluding hydrogens is 318 g/mol. The van der Waals surface area contributed by atoms with Gasteiger partial charge in [0.1, 0.15) is 5.75 Å². The molecule has 7 heteroatoms. The molecule has 0 radical (unpaired) electrons. The van der Waals surface area contributed by atoms with E-state index in [1.54, 1.807) is 25.7 Å². The van der Waals surface area contributed by atoms with Gasteiger partial charge in [-0.25, -0.2) is 4.98 Å². The van der Waals surface area contributed by atoms with Crippen LogP contribution in [0.1, 0.15) is 23.8 Å². The summed E-state index contributed by atoms with van der Waals surface area (Å²) in [6.07, 6.45) is 5.68. The van der Waals surface area contributed by atoms with Gasteiger partial charge >= 0.3 is 0 Å². The lowest BCUT2D eigenvalue weighted by atomic mass is 9.99. The second kappa shape index (κ2) is 7.12. The van der Waals surface area contributed by atoms with Crippen molar-refractivity contribution in [3.63, 3.8) is 0 Å². The topological polar surface area (TPSA) is 103 Å². The molecule has 1 amide bonds. The molecule has 0 fully saturated rings. The predicted octanol–water partition coefficient (Wildman–Crippen LogP) is 2.42. The Labute approximate surface area is 145 Å². The molecule has 25 heavy (non-hydrogen) atoms. The number of hydrogen-bond donors (Lipinski definition) is 2. The van der Waals surface area contributed by atoms with E-state index >= 15 is 0 Å². The summed E-state index contributed by atoms with van der Waals surface area (Å²) in [5.74, 6) is 0.334. The molecule has 2 heterocycles. The van der Waals surface area contributed by atoms with Crippen LogP contribution in [0.15, 0.2) is 36.8 Å². The Kier molecular flexibility index (Phi) is 4.74. The zero-order valence-corrected chi connectivity index (χ0v) is 14.1. The maximum absolute atomic E-state index is 12.2. The molecule has 0 saturated carbocycles. The van der Waals surface area contributed by atoms with Crippen LogP contribution in [0.25, 0.3) is 21.9 Å². The molecule has 0 bridgehead atoms. The number of carbonyl (C=O) groups is 1. The second-order valence-electron chi connectivity index (χ2n) is 5.51. The van der Waals surface area contributed by atoms with Crippen LogP contribution < -0.4 is 15.8 Å². The largest absolute Gasteiger partial charge is 0.494 e. The van der Waals surface area contributed by atoms with Gasteiger partial charge in [-0.15, -0.1) is 0 Å². The van der Waals surface area contributed by atoms with Crippen LogP contribution in [0.2, 0.25) is 0 Å². The van der Waals surface area contributed by atoms with Gasteiger partial charge in [0.2, 0.25) is 0 Å². The summed E-state index contributed by atoms with van der Waals surface area (Å²) in [5, 5.41) is 12.1. The Morgan fingerprint density at radius 3 is 2.72 bits per heavy atom. The highest BCUT2D eigenvalue weighted by atomic mass is 16.5. The minimum Gasteiger partial charge on any atom is -0.494 e. The lowest BCUT2D eigenvalue weighted by molar-refractivity contribution is 0.0950. The molecule has 0 unspecified atom stereocenters. The fourth-order valence-corrected chi connectivity index (χ4v) is 2.68. The number of benzene rings is 1. The van der Waals surface area contributed by atoms with E-state index in [1.165, 1.54) is 0 Å². The first-order chi connectivity index (χ1) is 12.2. The first-order valence-electron chi connectivity index (χ1n) is 7.97. The van der Waals surface area contributed by atoms with Gasteiger partial charge < -0.3 is 15.8 Å². The number of amides is 1. The quantitative estimate of drug-likeness (QED) is 0.741. The number of anilines is 1. The number of aromatic nitrogens is 3. The summed E-state index contributed by atoms with van der Waals surface area (Å²) in [6, 6.07) is 5.68. The van der Waals surface area contributed by atoms with Crippen LogP contribution in [0.4, 0.5) is 5.69 Å². The summed E-state index contributed by atoms with van der Waals surface area (Å²) in [6.45, 7) is 2.57. The van der Waals surface area contributed by atoms with Crippen molar-refractivity contribution in [2.75, 3.05) is 19.4 Å². The number of fused-ring (bicyclic) bond motifs is 1. The lowest BCUT2D eigenvalue weighted by Crippen LogP contribution is -2.26. The van der Waals surface area contributed by atoms with Crippen molar-refractivity contribution in [1.82, 2.24) is 20.5 Å². The Balaban J connectivity index is 2.15. The van der Waals surface area contributed by atoms with Gasteiger partial charge in [0.15, 0.2) is 5.69 Å². The summed E-state index contributed by atoms with van der Waals surface area (Å²) in [5.41, 5.74) is 8.47. The van der Waals surface area contributed by atoms with Crippen LogP contribution in [-0.4, -0.2) is 34.7 Å². The van der Waals surface area contributed by atoms with Crippen molar-refractivity contribution >= 4 is 22.4 Å². The highest BCUT2D eigenvalue weighted by Gasteiger charge is 2.17. The average Bonchev–Trinajstić information content (AvgIpc) is 2.66. The summed E-state index contributed by atoms with van der Waals surface area (Å²) < 4.78 is 5.37. The van der Waals surface area contributed by atoms with Crippen molar-refractivity contribution < 1.29 is 9.53 Å². The van der Waals surface area contributed by atoms with Gasteiger partial charge in [0, 0.05) is 29.1 Å². The van der Waals surface area contributed by atoms with E-state index in [0.717, 1.165) is 28.3 Å². The molecule has 0 aliphatic heterocycles. The number of carbonyl (C=O) groups excluding carboxylic acids is 1. The summed E-state index contributed by atoms with van der Waals surface area (Å²) in [7, 11) is 1.58. The Morgan fingerprint density at radius 1 is 1.16 bits per heavy atom. The Hall–Kier alpha value is -3.22. The fourth-order valence-electron chi connectivity index (χ4n) is 2.68. The zero-order chi connectivity index (χ0) is 17.8. The number of nitrogens with zero attached hydrogens (tertiary/aromatic N) is 3. The third-order valence-corrected chi connectivity index (χ3v) is 3.93. The van der Waals surface area contributed by atoms with Crippen LogP contribution in [-0.2, 0) is 0 Å². The Bertz CT molecular complexity index is 926. The van der Waals surface area contributed by atoms with E-state index in [1.807, 2.05) is 25.1 Å². The number of hydrogen-bond acceptors (Lipinski definition) is 6. The van der Waals surface area contributed by atoms with Crippen molar-refractivity contribution in [2.24, 2.45) is 0 Å². The van der Waals surface area contributed by atoms with E-state index in [2.05, 4.69) is 20.5 Å². The number of methoxy groups -OCH3 is 1. The van der Waals surface area contributed by atoms with E-state index in [9.17, 15) is 4.79 Å². The molecule has 1 aromatic carbocycles. The number of rotatable bonds is 5. The SMILES string of the molecule is CCCNC(=O)c1ncc2c(-c3cnncc3OC)cccc2c1N. The van der Waals surface area contributed by atoms with Crippen LogP contribution >= 0.6 is 0 Å². The summed E-state index contributed by atoms with van der Waals surface area (Å²) in [4.78, 5) is 16.5. The van der Waals surface area contributed by atoms with Crippen LogP contribution in [0, 0.1) is 0 Å². The molecular formula is C18H19N5O2. The minimum atomic E-state index is -0.269. The summed E-state index contributed by atoms with van der Waals surface area (Å²) >= 11 is 0. The molecule has 3 aromatic rings. The lowest BCUT2D eigenvalue weighted by Gasteiger charge is -2.13. The van der Waals surface area contributed by atoms with Gasteiger partial charge in [0.05, 0.1) is 25.2 Å². The Morgan fingerprint density at radius 2 is 1.96 bits per heavy atom. The zero-order valence-electron chi connectivity index (χ0n) is 14.1. The highest BCUT2D eigenvalue weighted by molar-refractivity contribution is 6.09. The third-order valence-electron chi connectivity index (χ3n) is 3.93. The maximum Gasteiger partial charge on any atom is 0.272 e. The fraction of sp³-hybridized carbons (Fsp3) is 0.222. The molecule has 0 aliphatic carbocycles. The predicted molar refractivity (Wildman–Crippen MR) is 96.4 cm³/mol. The molecule has 2 aromatic heterocycles. The molecule has 3 rings (SSSR count). The molecule has 0 spiro atoms. The number of pyridine rings is 1. The van der Waals surface area contributed by atoms with E-state index in [-0.39, 0.29) is 11.6 Å². The van der Waals surface area contributed by atoms with Crippen molar-refractivity contribution in [3.8, 4) is 16.9 Å². The minimum absolute atomic E-state index is 0.234. The standard InChI is InChI=1S/C18H19N5O2/c1-3-7-20-18(24)17-16(19)12-6-4-5-11(13(12)8-21-17)14-9-22-23-10-15(14)25-2/h4-6,8-10H,3,7,19H2,1-2H3,(H,20,24). The first-order valence-corrected chi connectivity index (χ1v) is 7.97. The van der Waals surface area contributed by atoms with Crippen LogP contribution in [0.5, 0.6) is 5.75 Å². The molecule has 0 saturated heterocycles. The number of nitrogens with two attached hydrogens (primary N) is 1. The van der Waals surface area contributed by atoms with E-state index in [4.69, 9.17) is 10.5 Å². The average molecular weight is 337 g/mol. The number of nitrogen functional groups attached to an aromatic ring is 1. The molecule has 128 valence electrons. The molecule has 0 aliphatic rings. The van der Waals surface area contributed by atoms with Gasteiger partial charge in [-0.2, -0.15) is 10.2 Å². The van der Waals surface area contributed by atoms with Crippen molar-refractivity contribution in [1.29, 1.82) is 0 Å². The maximum atomic E-state index is 12.2. The van der Waals surface area contributed by atoms with Gasteiger partial charge in [0.25, 0.3) is 5.91 Å². The number of ether oxygens (including phenoxy) is 1. The smallest absolute Gasteiger partial charge is 0.272 e. The second-order valence-corrected chi connectivity index (χ2v) is 5.51. The molecule has 7 nitrogen and oxygen atoms in total. The van der Waals surface area contributed by atoms with E-state index < -0.39 is 0 Å². The third kappa shape index (κ3) is 3.08. The van der Waals surface area contributed by atoms with Gasteiger partial charge in [-0.1, -0.05) is 25.1 Å². The normalized spacial score (nSPS) is 10.6. The molecule has 0 atom stereocenters. The first kappa shape index (κ1) is 16.6. The monoisotopic (exact) mass is 337 g/mol. The molecule has 3 N–H and O–H groups in total. The van der Waals surface area contributed by atoms with Gasteiger partial charge in [-0.3, -0.25) is 4.79 Å². The van der Waals surface area contributed by atoms with Crippen molar-refractivity contribution in [2.45, 2.75) is 13.3 Å². The van der Waals surface area contributed by atoms with Crippen LogP contribution in [0.3, 0.4) is 0 Å². The highest BCUT2D eigenvalue weighted by Crippen LogP contribution is 2.35.